The average Bonchev–Trinajstić information content (AvgIpc) is 3.48. The molecular formula is C38H27Cl2FIN3O5. The zero-order valence-electron chi connectivity index (χ0n) is 26.0. The molecular weight excluding hydrogens is 795 g/mol. The van der Waals surface area contributed by atoms with E-state index in [1.54, 1.807) is 42.5 Å². The van der Waals surface area contributed by atoms with Crippen LogP contribution in [0.25, 0.3) is 0 Å². The maximum atomic E-state index is 15.2. The van der Waals surface area contributed by atoms with Crippen LogP contribution in [-0.4, -0.2) is 33.7 Å². The number of hydrazine groups is 1. The van der Waals surface area contributed by atoms with Gasteiger partial charge in [0.25, 0.3) is 11.8 Å². The molecule has 6 atom stereocenters. The molecule has 8 nitrogen and oxygen atoms in total. The van der Waals surface area contributed by atoms with E-state index >= 15 is 4.79 Å². The molecule has 0 aromatic heterocycles. The summed E-state index contributed by atoms with van der Waals surface area (Å²) in [4.78, 5) is 59.4. The van der Waals surface area contributed by atoms with Crippen molar-refractivity contribution >= 4 is 80.8 Å². The molecule has 2 heterocycles. The number of phenols is 1. The fourth-order valence-corrected chi connectivity index (χ4v) is 9.27. The first-order valence-corrected chi connectivity index (χ1v) is 17.8. The highest BCUT2D eigenvalue weighted by atomic mass is 127. The van der Waals surface area contributed by atoms with Gasteiger partial charge in [-0.1, -0.05) is 47.0 Å². The third-order valence-corrected chi connectivity index (χ3v) is 11.8. The number of hydrogen-bond acceptors (Lipinski definition) is 6. The second-order valence-electron chi connectivity index (χ2n) is 13.1. The number of phenolic OH excluding ortho intramolecular Hbond substituents is 1. The maximum Gasteiger partial charge on any atom is 0.260 e. The third-order valence-electron chi connectivity index (χ3n) is 10.6. The minimum Gasteiger partial charge on any atom is -0.508 e. The standard InChI is InChI=1S/C38H27Cl2FIN3O5/c39-20-3-1-19(2-4-20)38-30(35(48)45(37(38)50)43-24-10-6-22(41)7-11-24)18-28-26(33(38)29-17-21(40)5-16-31(29)46)14-15-27-32(28)36(49)44(34(27)47)25-12-8-23(42)9-13-25/h1-14,16-17,27-28,30,32-33,43,46H,15,18H2/t27-,28+,30-,32-,33+,38+/m0/s1. The first-order chi connectivity index (χ1) is 24.0. The summed E-state index contributed by atoms with van der Waals surface area (Å²) < 4.78 is 14.8. The molecule has 2 aliphatic heterocycles. The van der Waals surface area contributed by atoms with E-state index in [0.717, 1.165) is 8.58 Å². The Morgan fingerprint density at radius 1 is 0.820 bits per heavy atom. The molecule has 4 amide bonds. The minimum absolute atomic E-state index is 0.0686. The molecule has 0 unspecified atom stereocenters. The number of halogens is 4. The van der Waals surface area contributed by atoms with Crippen molar-refractivity contribution in [1.82, 2.24) is 5.01 Å². The van der Waals surface area contributed by atoms with Crippen molar-refractivity contribution in [2.24, 2.45) is 23.7 Å². The molecule has 1 saturated carbocycles. The lowest BCUT2D eigenvalue weighted by Crippen LogP contribution is -2.53. The van der Waals surface area contributed by atoms with Gasteiger partial charge in [0.05, 0.1) is 34.5 Å². The van der Waals surface area contributed by atoms with E-state index in [2.05, 4.69) is 28.0 Å². The number of rotatable bonds is 5. The van der Waals surface area contributed by atoms with Crippen LogP contribution in [0.15, 0.2) is 103 Å². The smallest absolute Gasteiger partial charge is 0.260 e. The van der Waals surface area contributed by atoms with E-state index in [0.29, 0.717) is 38.1 Å². The summed E-state index contributed by atoms with van der Waals surface area (Å²) in [6, 6.07) is 23.6. The Hall–Kier alpha value is -4.26. The van der Waals surface area contributed by atoms with E-state index in [-0.39, 0.29) is 30.4 Å². The fourth-order valence-electron chi connectivity index (χ4n) is 8.60. The van der Waals surface area contributed by atoms with Gasteiger partial charge in [0.1, 0.15) is 11.6 Å². The number of allylic oxidation sites excluding steroid dienone is 2. The number of carbonyl (C=O) groups excluding carboxylic acids is 4. The molecule has 2 N–H and O–H groups in total. The summed E-state index contributed by atoms with van der Waals surface area (Å²) in [5.74, 6) is -6.62. The first kappa shape index (κ1) is 32.9. The molecule has 12 heteroatoms. The van der Waals surface area contributed by atoms with E-state index < -0.39 is 52.6 Å². The monoisotopic (exact) mass is 821 g/mol. The molecule has 3 fully saturated rings. The molecule has 8 rings (SSSR count). The number of carbonyl (C=O) groups is 4. The van der Waals surface area contributed by atoms with Gasteiger partial charge in [-0.2, -0.15) is 5.01 Å². The van der Waals surface area contributed by atoms with E-state index in [9.17, 15) is 23.9 Å². The van der Waals surface area contributed by atoms with Gasteiger partial charge in [0.15, 0.2) is 0 Å². The lowest BCUT2D eigenvalue weighted by Gasteiger charge is -2.50. The summed E-state index contributed by atoms with van der Waals surface area (Å²) in [5.41, 5.74) is 3.51. The van der Waals surface area contributed by atoms with Crippen LogP contribution in [0.5, 0.6) is 5.75 Å². The summed E-state index contributed by atoms with van der Waals surface area (Å²) >= 11 is 15.0. The van der Waals surface area contributed by atoms with Gasteiger partial charge in [-0.3, -0.25) is 29.5 Å². The summed E-state index contributed by atoms with van der Waals surface area (Å²) in [6.07, 6.45) is 2.20. The molecule has 4 aliphatic rings. The largest absolute Gasteiger partial charge is 0.508 e. The molecule has 2 saturated heterocycles. The highest BCUT2D eigenvalue weighted by Gasteiger charge is 2.70. The Morgan fingerprint density at radius 3 is 2.20 bits per heavy atom. The SMILES string of the molecule is O=C1[C@@H]2C[C@@H]3C(=CC[C@@H]4C(=O)N(c5ccc(I)cc5)C(=O)[C@@H]43)[C@H](c3cc(Cl)ccc3O)[C@]2(c2ccc(Cl)cc2)C(=O)N1Nc1ccc(F)cc1. The first-order valence-electron chi connectivity index (χ1n) is 16.0. The van der Waals surface area contributed by atoms with E-state index in [1.807, 2.05) is 18.2 Å². The van der Waals surface area contributed by atoms with Gasteiger partial charge < -0.3 is 5.11 Å². The van der Waals surface area contributed by atoms with Gasteiger partial charge in [0, 0.05) is 25.1 Å². The van der Waals surface area contributed by atoms with Gasteiger partial charge in [-0.05, 0) is 126 Å². The van der Waals surface area contributed by atoms with Crippen LogP contribution in [-0.2, 0) is 24.6 Å². The average molecular weight is 822 g/mol. The number of aromatic hydroxyl groups is 1. The van der Waals surface area contributed by atoms with Crippen LogP contribution in [0.1, 0.15) is 29.9 Å². The third kappa shape index (κ3) is 4.90. The van der Waals surface area contributed by atoms with Crippen LogP contribution in [0, 0.1) is 33.1 Å². The number of nitrogens with one attached hydrogen (secondary N) is 1. The van der Waals surface area contributed by atoms with Crippen molar-refractivity contribution in [3.05, 3.63) is 133 Å². The zero-order valence-corrected chi connectivity index (χ0v) is 29.7. The Morgan fingerprint density at radius 2 is 1.50 bits per heavy atom. The zero-order chi connectivity index (χ0) is 35.1. The highest BCUT2D eigenvalue weighted by Crippen LogP contribution is 2.65. The quantitative estimate of drug-likeness (QED) is 0.122. The fraction of sp³-hybridized carbons (Fsp3) is 0.211. The predicted molar refractivity (Wildman–Crippen MR) is 194 cm³/mol. The summed E-state index contributed by atoms with van der Waals surface area (Å²) in [6.45, 7) is 0. The van der Waals surface area contributed by atoms with Crippen molar-refractivity contribution in [2.45, 2.75) is 24.2 Å². The second-order valence-corrected chi connectivity index (χ2v) is 15.2. The normalized spacial score (nSPS) is 27.2. The molecule has 0 bridgehead atoms. The molecule has 4 aromatic carbocycles. The maximum absolute atomic E-state index is 15.2. The van der Waals surface area contributed by atoms with E-state index in [4.69, 9.17) is 23.2 Å². The molecule has 0 spiro atoms. The molecule has 2 aliphatic carbocycles. The minimum atomic E-state index is -1.63. The predicted octanol–water partition coefficient (Wildman–Crippen LogP) is 7.63. The molecule has 0 radical (unpaired) electrons. The molecule has 252 valence electrons. The van der Waals surface area contributed by atoms with Crippen molar-refractivity contribution < 1.29 is 28.7 Å². The van der Waals surface area contributed by atoms with Gasteiger partial charge in [-0.15, -0.1) is 0 Å². The van der Waals surface area contributed by atoms with Crippen LogP contribution < -0.4 is 10.3 Å². The van der Waals surface area contributed by atoms with E-state index in [1.165, 1.54) is 41.3 Å². The van der Waals surface area contributed by atoms with Crippen LogP contribution >= 0.6 is 45.8 Å². The summed E-state index contributed by atoms with van der Waals surface area (Å²) in [5, 5.41) is 13.1. The Bertz CT molecular complexity index is 2130. The number of benzene rings is 4. The van der Waals surface area contributed by atoms with Crippen molar-refractivity contribution in [1.29, 1.82) is 0 Å². The second kappa shape index (κ2) is 12.2. The Balaban J connectivity index is 1.33. The van der Waals surface area contributed by atoms with Gasteiger partial charge >= 0.3 is 0 Å². The lowest BCUT2D eigenvalue weighted by atomic mass is 9.49. The van der Waals surface area contributed by atoms with Crippen LogP contribution in [0.3, 0.4) is 0 Å². The summed E-state index contributed by atoms with van der Waals surface area (Å²) in [7, 11) is 0. The lowest BCUT2D eigenvalue weighted by molar-refractivity contribution is -0.138. The van der Waals surface area contributed by atoms with Gasteiger partial charge in [0.2, 0.25) is 11.8 Å². The number of amides is 4. The van der Waals surface area contributed by atoms with Crippen molar-refractivity contribution in [3.8, 4) is 5.75 Å². The van der Waals surface area contributed by atoms with Crippen LogP contribution in [0.2, 0.25) is 10.0 Å². The topological polar surface area (TPSA) is 107 Å². The number of nitrogens with zero attached hydrogens (tertiary/aromatic N) is 2. The number of imide groups is 2. The molecule has 4 aromatic rings. The van der Waals surface area contributed by atoms with Crippen LogP contribution in [0.4, 0.5) is 15.8 Å². The number of fused-ring (bicyclic) bond motifs is 4. The Labute approximate surface area is 310 Å². The van der Waals surface area contributed by atoms with Gasteiger partial charge in [-0.25, -0.2) is 4.39 Å². The number of hydrogen-bond donors (Lipinski definition) is 2. The Kier molecular flexibility index (Phi) is 8.04. The highest BCUT2D eigenvalue weighted by molar-refractivity contribution is 14.1. The number of anilines is 2. The molecule has 50 heavy (non-hydrogen) atoms. The van der Waals surface area contributed by atoms with Crippen molar-refractivity contribution in [2.75, 3.05) is 10.3 Å². The van der Waals surface area contributed by atoms with Crippen molar-refractivity contribution in [3.63, 3.8) is 0 Å².